The van der Waals surface area contributed by atoms with Crippen LogP contribution in [0.5, 0.6) is 0 Å². The highest BCUT2D eigenvalue weighted by Gasteiger charge is 2.05. The van der Waals surface area contributed by atoms with E-state index < -0.39 is 11.0 Å². The zero-order valence-electron chi connectivity index (χ0n) is 7.64. The molecule has 0 saturated heterocycles. The Bertz CT molecular complexity index is 435. The third-order valence-electron chi connectivity index (χ3n) is 2.24. The van der Waals surface area contributed by atoms with E-state index in [0.717, 1.165) is 6.42 Å². The van der Waals surface area contributed by atoms with Gasteiger partial charge in [-0.1, -0.05) is 36.4 Å². The van der Waals surface area contributed by atoms with E-state index in [1.165, 1.54) is 11.1 Å². The van der Waals surface area contributed by atoms with Crippen LogP contribution < -0.4 is 5.14 Å². The van der Waals surface area contributed by atoms with Gasteiger partial charge in [0, 0.05) is 0 Å². The van der Waals surface area contributed by atoms with Gasteiger partial charge in [-0.15, -0.1) is 0 Å². The van der Waals surface area contributed by atoms with E-state index >= 15 is 0 Å². The van der Waals surface area contributed by atoms with Crippen molar-refractivity contribution in [2.45, 2.75) is 6.42 Å². The fourth-order valence-corrected chi connectivity index (χ4v) is 1.93. The van der Waals surface area contributed by atoms with Gasteiger partial charge in [0.15, 0.2) is 0 Å². The lowest BCUT2D eigenvalue weighted by Gasteiger charge is -1.99. The van der Waals surface area contributed by atoms with Crippen molar-refractivity contribution in [3.05, 3.63) is 52.4 Å². The summed E-state index contributed by atoms with van der Waals surface area (Å²) in [5.41, 5.74) is 2.41. The fourth-order valence-electron chi connectivity index (χ4n) is 1.48. The van der Waals surface area contributed by atoms with Gasteiger partial charge in [0.1, 0.15) is 11.0 Å². The minimum atomic E-state index is -1.38. The lowest BCUT2D eigenvalue weighted by atomic mass is 10.1. The summed E-state index contributed by atoms with van der Waals surface area (Å²) >= 11 is 0. The second-order valence-electron chi connectivity index (χ2n) is 3.14. The Morgan fingerprint density at radius 2 is 2.00 bits per heavy atom. The lowest BCUT2D eigenvalue weighted by Crippen LogP contribution is -2.03. The summed E-state index contributed by atoms with van der Waals surface area (Å²) in [6, 6.07) is 8.11. The number of benzene rings is 1. The second-order valence-corrected chi connectivity index (χ2v) is 4.21. The van der Waals surface area contributed by atoms with Crippen LogP contribution in [0.15, 0.2) is 41.3 Å². The van der Waals surface area contributed by atoms with E-state index in [-0.39, 0.29) is 0 Å². The Labute approximate surface area is 85.7 Å². The minimum absolute atomic E-state index is 0.696. The highest BCUT2D eigenvalue weighted by atomic mass is 32.2. The van der Waals surface area contributed by atoms with Gasteiger partial charge in [-0.05, 0) is 23.6 Å². The summed E-state index contributed by atoms with van der Waals surface area (Å²) in [5, 5.41) is 5.32. The zero-order chi connectivity index (χ0) is 9.97. The molecule has 1 aliphatic rings. The SMILES string of the molecule is NS(=O)C1=CCc2ccccc2C=C1. The van der Waals surface area contributed by atoms with Gasteiger partial charge in [0.05, 0.1) is 4.91 Å². The van der Waals surface area contributed by atoms with Crippen LogP contribution in [0, 0.1) is 0 Å². The highest BCUT2D eigenvalue weighted by Crippen LogP contribution is 2.18. The van der Waals surface area contributed by atoms with Crippen LogP contribution in [0.3, 0.4) is 0 Å². The average Bonchev–Trinajstić information content (AvgIpc) is 2.39. The molecule has 0 fully saturated rings. The number of rotatable bonds is 1. The molecule has 1 aliphatic carbocycles. The molecule has 0 amide bonds. The van der Waals surface area contributed by atoms with Crippen LogP contribution in [0.4, 0.5) is 0 Å². The first-order valence-corrected chi connectivity index (χ1v) is 5.61. The maximum Gasteiger partial charge on any atom is 0.121 e. The van der Waals surface area contributed by atoms with Crippen molar-refractivity contribution in [3.63, 3.8) is 0 Å². The number of allylic oxidation sites excluding steroid dienone is 2. The van der Waals surface area contributed by atoms with Crippen molar-refractivity contribution in [2.24, 2.45) is 5.14 Å². The van der Waals surface area contributed by atoms with Crippen molar-refractivity contribution in [3.8, 4) is 0 Å². The second kappa shape index (κ2) is 3.90. The molecule has 72 valence electrons. The van der Waals surface area contributed by atoms with Gasteiger partial charge < -0.3 is 0 Å². The highest BCUT2D eigenvalue weighted by molar-refractivity contribution is 7.86. The molecule has 0 saturated carbocycles. The molecule has 0 heterocycles. The molecule has 1 aromatic rings. The predicted octanol–water partition coefficient (Wildman–Crippen LogP) is 1.76. The lowest BCUT2D eigenvalue weighted by molar-refractivity contribution is 0.688. The summed E-state index contributed by atoms with van der Waals surface area (Å²) in [4.78, 5) is 0.696. The average molecular weight is 205 g/mol. The summed E-state index contributed by atoms with van der Waals surface area (Å²) in [7, 11) is -1.38. The van der Waals surface area contributed by atoms with Crippen LogP contribution in [0.1, 0.15) is 11.1 Å². The van der Waals surface area contributed by atoms with E-state index in [2.05, 4.69) is 6.07 Å². The Balaban J connectivity index is 2.41. The molecule has 0 bridgehead atoms. The van der Waals surface area contributed by atoms with Crippen LogP contribution in [-0.2, 0) is 17.4 Å². The Morgan fingerprint density at radius 1 is 1.21 bits per heavy atom. The zero-order valence-corrected chi connectivity index (χ0v) is 8.46. The summed E-state index contributed by atoms with van der Waals surface area (Å²) < 4.78 is 11.1. The molecule has 3 heteroatoms. The maximum absolute atomic E-state index is 11.1. The summed E-state index contributed by atoms with van der Waals surface area (Å²) in [6.45, 7) is 0. The Kier molecular flexibility index (Phi) is 2.61. The topological polar surface area (TPSA) is 43.1 Å². The molecule has 2 nitrogen and oxygen atoms in total. The van der Waals surface area contributed by atoms with Crippen LogP contribution >= 0.6 is 0 Å². The third kappa shape index (κ3) is 1.84. The molecule has 0 aliphatic heterocycles. The van der Waals surface area contributed by atoms with Crippen molar-refractivity contribution in [1.82, 2.24) is 0 Å². The predicted molar refractivity (Wildman–Crippen MR) is 59.6 cm³/mol. The van der Waals surface area contributed by atoms with Crippen LogP contribution in [-0.4, -0.2) is 4.21 Å². The van der Waals surface area contributed by atoms with Crippen molar-refractivity contribution >= 4 is 17.1 Å². The third-order valence-corrected chi connectivity index (χ3v) is 3.01. The van der Waals surface area contributed by atoms with Crippen LogP contribution in [0.2, 0.25) is 0 Å². The van der Waals surface area contributed by atoms with E-state index in [0.29, 0.717) is 4.91 Å². The Morgan fingerprint density at radius 3 is 2.79 bits per heavy atom. The molecule has 1 unspecified atom stereocenters. The minimum Gasteiger partial charge on any atom is -0.248 e. The van der Waals surface area contributed by atoms with E-state index in [1.54, 1.807) is 0 Å². The number of fused-ring (bicyclic) bond motifs is 1. The van der Waals surface area contributed by atoms with E-state index in [4.69, 9.17) is 5.14 Å². The first-order valence-electron chi connectivity index (χ1n) is 4.40. The number of nitrogens with two attached hydrogens (primary N) is 1. The van der Waals surface area contributed by atoms with E-state index in [9.17, 15) is 4.21 Å². The Hall–Kier alpha value is -1.19. The van der Waals surface area contributed by atoms with Gasteiger partial charge in [0.25, 0.3) is 0 Å². The molecule has 1 atom stereocenters. The smallest absolute Gasteiger partial charge is 0.121 e. The first kappa shape index (κ1) is 9.37. The molecular formula is C11H11NOS. The standard InChI is InChI=1S/C11H11NOS/c12-14(13)11-7-5-9-3-1-2-4-10(9)6-8-11/h1-5,7-8H,6,12H2. The molecule has 0 radical (unpaired) electrons. The van der Waals surface area contributed by atoms with E-state index in [1.807, 2.05) is 36.4 Å². The van der Waals surface area contributed by atoms with Crippen molar-refractivity contribution in [2.75, 3.05) is 0 Å². The fraction of sp³-hybridized carbons (Fsp3) is 0.0909. The molecule has 0 spiro atoms. The molecular weight excluding hydrogens is 194 g/mol. The number of hydrogen-bond acceptors (Lipinski definition) is 1. The molecule has 2 N–H and O–H groups in total. The molecule has 2 rings (SSSR count). The number of hydrogen-bond donors (Lipinski definition) is 1. The van der Waals surface area contributed by atoms with Gasteiger partial charge in [0.2, 0.25) is 0 Å². The largest absolute Gasteiger partial charge is 0.248 e. The van der Waals surface area contributed by atoms with Gasteiger partial charge in [-0.25, -0.2) is 9.35 Å². The summed E-state index contributed by atoms with van der Waals surface area (Å²) in [5.74, 6) is 0. The maximum atomic E-state index is 11.1. The monoisotopic (exact) mass is 205 g/mol. The first-order chi connectivity index (χ1) is 6.77. The quantitative estimate of drug-likeness (QED) is 0.746. The normalized spacial score (nSPS) is 16.8. The van der Waals surface area contributed by atoms with Gasteiger partial charge in [-0.3, -0.25) is 0 Å². The van der Waals surface area contributed by atoms with Crippen molar-refractivity contribution in [1.29, 1.82) is 0 Å². The van der Waals surface area contributed by atoms with Gasteiger partial charge >= 0.3 is 0 Å². The summed E-state index contributed by atoms with van der Waals surface area (Å²) in [6.07, 6.45) is 6.49. The van der Waals surface area contributed by atoms with Crippen molar-refractivity contribution < 1.29 is 4.21 Å². The molecule has 14 heavy (non-hydrogen) atoms. The molecule has 0 aromatic heterocycles. The molecule has 1 aromatic carbocycles. The van der Waals surface area contributed by atoms with Gasteiger partial charge in [-0.2, -0.15) is 0 Å². The van der Waals surface area contributed by atoms with Crippen LogP contribution in [0.25, 0.3) is 6.08 Å².